The molecule has 1 saturated heterocycles. The normalized spacial score (nSPS) is 15.2. The highest BCUT2D eigenvalue weighted by molar-refractivity contribution is 7.77. The van der Waals surface area contributed by atoms with Crippen LogP contribution in [-0.4, -0.2) is 51.6 Å². The SMILES string of the molecule is O=S(O)NCCCc1cc(F)cc(Oc2ccc3ncc(N4CCOCC4)nc3c2)c1. The molecule has 31 heavy (non-hydrogen) atoms. The third-order valence-electron chi connectivity index (χ3n) is 4.87. The summed E-state index contributed by atoms with van der Waals surface area (Å²) in [5.74, 6) is 1.31. The summed E-state index contributed by atoms with van der Waals surface area (Å²) < 4.78 is 47.1. The molecule has 0 radical (unpaired) electrons. The van der Waals surface area contributed by atoms with Crippen molar-refractivity contribution in [2.24, 2.45) is 0 Å². The zero-order chi connectivity index (χ0) is 21.6. The van der Waals surface area contributed by atoms with Gasteiger partial charge >= 0.3 is 0 Å². The van der Waals surface area contributed by atoms with E-state index in [-0.39, 0.29) is 0 Å². The molecule has 1 aromatic heterocycles. The number of morpholine rings is 1. The maximum atomic E-state index is 14.1. The standard InChI is InChI=1S/C21H23FN4O4S/c22-16-10-15(2-1-5-24-31(27)28)11-18(12-16)30-17-3-4-19-20(13-17)25-21(14-23-19)26-6-8-29-9-7-26/h3-4,10-14,24H,1-2,5-9H2,(H,27,28). The molecule has 2 heterocycles. The topological polar surface area (TPSA) is 96.8 Å². The first-order chi connectivity index (χ1) is 15.1. The average Bonchev–Trinajstić information content (AvgIpc) is 2.76. The highest BCUT2D eigenvalue weighted by Gasteiger charge is 2.14. The van der Waals surface area contributed by atoms with Crippen LogP contribution in [0.5, 0.6) is 11.5 Å². The third-order valence-corrected chi connectivity index (χ3v) is 5.32. The van der Waals surface area contributed by atoms with Crippen molar-refractivity contribution in [1.29, 1.82) is 0 Å². The van der Waals surface area contributed by atoms with Crippen molar-refractivity contribution in [2.75, 3.05) is 37.7 Å². The Bertz CT molecular complexity index is 1080. The van der Waals surface area contributed by atoms with Crippen molar-refractivity contribution >= 4 is 28.1 Å². The highest BCUT2D eigenvalue weighted by atomic mass is 32.2. The summed E-state index contributed by atoms with van der Waals surface area (Å²) in [4.78, 5) is 11.3. The van der Waals surface area contributed by atoms with Gasteiger partial charge in [-0.15, -0.1) is 0 Å². The molecule has 2 aromatic carbocycles. The van der Waals surface area contributed by atoms with Gasteiger partial charge in [0.15, 0.2) is 0 Å². The number of halogens is 1. The Morgan fingerprint density at radius 2 is 2.00 bits per heavy atom. The van der Waals surface area contributed by atoms with E-state index < -0.39 is 17.1 Å². The lowest BCUT2D eigenvalue weighted by molar-refractivity contribution is 0.122. The van der Waals surface area contributed by atoms with Crippen LogP contribution in [0, 0.1) is 5.82 Å². The number of ether oxygens (including phenoxy) is 2. The van der Waals surface area contributed by atoms with Crippen molar-refractivity contribution in [1.82, 2.24) is 14.7 Å². The summed E-state index contributed by atoms with van der Waals surface area (Å²) in [6, 6.07) is 9.91. The van der Waals surface area contributed by atoms with Crippen LogP contribution >= 0.6 is 0 Å². The van der Waals surface area contributed by atoms with Crippen LogP contribution in [0.1, 0.15) is 12.0 Å². The number of rotatable bonds is 8. The molecule has 0 spiro atoms. The van der Waals surface area contributed by atoms with E-state index in [1.165, 1.54) is 12.1 Å². The molecule has 3 aromatic rings. The van der Waals surface area contributed by atoms with Crippen molar-refractivity contribution < 1.29 is 22.6 Å². The monoisotopic (exact) mass is 446 g/mol. The van der Waals surface area contributed by atoms with E-state index in [2.05, 4.69) is 14.6 Å². The molecule has 1 unspecified atom stereocenters. The minimum absolute atomic E-state index is 0.352. The van der Waals surface area contributed by atoms with E-state index in [0.717, 1.165) is 30.0 Å². The third kappa shape index (κ3) is 5.95. The molecule has 164 valence electrons. The molecular weight excluding hydrogens is 423 g/mol. The summed E-state index contributed by atoms with van der Waals surface area (Å²) >= 11 is -2.04. The number of nitrogens with zero attached hydrogens (tertiary/aromatic N) is 3. The predicted molar refractivity (Wildman–Crippen MR) is 116 cm³/mol. The van der Waals surface area contributed by atoms with Crippen molar-refractivity contribution in [3.8, 4) is 11.5 Å². The first kappa shape index (κ1) is 21.6. The molecule has 1 aliphatic heterocycles. The van der Waals surface area contributed by atoms with Gasteiger partial charge in [0.05, 0.1) is 30.4 Å². The number of benzene rings is 2. The molecule has 4 rings (SSSR count). The molecule has 1 aliphatic rings. The maximum absolute atomic E-state index is 14.1. The van der Waals surface area contributed by atoms with Gasteiger partial charge in [-0.3, -0.25) is 9.54 Å². The fourth-order valence-electron chi connectivity index (χ4n) is 3.40. The molecular formula is C21H23FN4O4S. The Hall–Kier alpha value is -2.66. The van der Waals surface area contributed by atoms with E-state index in [0.29, 0.717) is 49.6 Å². The van der Waals surface area contributed by atoms with Gasteiger partial charge in [0.2, 0.25) is 11.3 Å². The maximum Gasteiger partial charge on any atom is 0.231 e. The minimum Gasteiger partial charge on any atom is -0.457 e. The molecule has 0 saturated carbocycles. The number of fused-ring (bicyclic) bond motifs is 1. The predicted octanol–water partition coefficient (Wildman–Crippen LogP) is 3.06. The van der Waals surface area contributed by atoms with Crippen LogP contribution in [0.25, 0.3) is 11.0 Å². The first-order valence-corrected chi connectivity index (χ1v) is 11.1. The Kier molecular flexibility index (Phi) is 7.03. The second-order valence-electron chi connectivity index (χ2n) is 7.12. The summed E-state index contributed by atoms with van der Waals surface area (Å²) in [6.45, 7) is 3.22. The van der Waals surface area contributed by atoms with Gasteiger partial charge in [-0.2, -0.15) is 0 Å². The average molecular weight is 447 g/mol. The number of nitrogens with one attached hydrogen (secondary N) is 1. The van der Waals surface area contributed by atoms with E-state index in [9.17, 15) is 8.60 Å². The zero-order valence-corrected chi connectivity index (χ0v) is 17.6. The summed E-state index contributed by atoms with van der Waals surface area (Å²) in [6.07, 6.45) is 2.89. The number of aryl methyl sites for hydroxylation is 1. The molecule has 8 nitrogen and oxygen atoms in total. The van der Waals surface area contributed by atoms with E-state index in [4.69, 9.17) is 19.0 Å². The van der Waals surface area contributed by atoms with Gasteiger partial charge in [0, 0.05) is 31.8 Å². The lowest BCUT2D eigenvalue weighted by Gasteiger charge is -2.27. The van der Waals surface area contributed by atoms with E-state index in [1.807, 2.05) is 6.07 Å². The van der Waals surface area contributed by atoms with Crippen LogP contribution in [0.2, 0.25) is 0 Å². The van der Waals surface area contributed by atoms with Crippen LogP contribution in [0.15, 0.2) is 42.6 Å². The Balaban J connectivity index is 1.49. The Labute approximate surface area is 181 Å². The van der Waals surface area contributed by atoms with Crippen LogP contribution in [-0.2, 0) is 22.4 Å². The van der Waals surface area contributed by atoms with Gasteiger partial charge in [-0.1, -0.05) is 0 Å². The van der Waals surface area contributed by atoms with Gasteiger partial charge < -0.3 is 14.4 Å². The second kappa shape index (κ2) is 10.1. The number of aromatic nitrogens is 2. The molecule has 10 heteroatoms. The summed E-state index contributed by atoms with van der Waals surface area (Å²) in [5.41, 5.74) is 2.19. The Morgan fingerprint density at radius 3 is 2.81 bits per heavy atom. The van der Waals surface area contributed by atoms with E-state index in [1.54, 1.807) is 24.4 Å². The summed E-state index contributed by atoms with van der Waals surface area (Å²) in [7, 11) is 0. The molecule has 0 amide bonds. The zero-order valence-electron chi connectivity index (χ0n) is 16.8. The molecule has 0 aliphatic carbocycles. The fourth-order valence-corrected chi connectivity index (χ4v) is 3.72. The second-order valence-corrected chi connectivity index (χ2v) is 7.91. The van der Waals surface area contributed by atoms with Gasteiger partial charge in [0.25, 0.3) is 0 Å². The van der Waals surface area contributed by atoms with Crippen molar-refractivity contribution in [3.63, 3.8) is 0 Å². The molecule has 0 bridgehead atoms. The van der Waals surface area contributed by atoms with Crippen molar-refractivity contribution in [2.45, 2.75) is 12.8 Å². The number of hydrogen-bond donors (Lipinski definition) is 2. The van der Waals surface area contributed by atoms with Crippen LogP contribution in [0.3, 0.4) is 0 Å². The van der Waals surface area contributed by atoms with Crippen molar-refractivity contribution in [3.05, 3.63) is 54.0 Å². The smallest absolute Gasteiger partial charge is 0.231 e. The van der Waals surface area contributed by atoms with Gasteiger partial charge in [-0.25, -0.2) is 18.3 Å². The largest absolute Gasteiger partial charge is 0.457 e. The number of anilines is 1. The van der Waals surface area contributed by atoms with Gasteiger partial charge in [0.1, 0.15) is 23.1 Å². The van der Waals surface area contributed by atoms with Gasteiger partial charge in [-0.05, 0) is 42.7 Å². The highest BCUT2D eigenvalue weighted by Crippen LogP contribution is 2.27. The fraction of sp³-hybridized carbons (Fsp3) is 0.333. The van der Waals surface area contributed by atoms with E-state index >= 15 is 0 Å². The summed E-state index contributed by atoms with van der Waals surface area (Å²) in [5, 5.41) is 0. The minimum atomic E-state index is -2.04. The van der Waals surface area contributed by atoms with Crippen LogP contribution in [0.4, 0.5) is 10.2 Å². The first-order valence-electron chi connectivity index (χ1n) is 9.98. The molecule has 1 fully saturated rings. The molecule has 1 atom stereocenters. The van der Waals surface area contributed by atoms with Crippen LogP contribution < -0.4 is 14.4 Å². The lowest BCUT2D eigenvalue weighted by Crippen LogP contribution is -2.36. The number of hydrogen-bond acceptors (Lipinski definition) is 6. The molecule has 2 N–H and O–H groups in total. The Morgan fingerprint density at radius 1 is 1.16 bits per heavy atom. The quantitative estimate of drug-likeness (QED) is 0.405. The lowest BCUT2D eigenvalue weighted by atomic mass is 10.1.